The standard InChI is InChI=1S/C22H21N3O6/c23-21(22-24-14-3-1-2-4-15(14)25-22)17(27)12-31-20(28)8-6-16(26)13-5-7-18-19(11-13)30-10-9-29-18/h1-5,7,11,24-25H,6,8-10,12,23H2. The highest BCUT2D eigenvalue weighted by atomic mass is 16.6. The Morgan fingerprint density at radius 2 is 1.61 bits per heavy atom. The molecule has 0 bridgehead atoms. The number of nitrogens with two attached hydrogens (primary N) is 1. The van der Waals surface area contributed by atoms with Gasteiger partial charge in [0.2, 0.25) is 5.78 Å². The van der Waals surface area contributed by atoms with E-state index in [9.17, 15) is 14.4 Å². The normalized spacial score (nSPS) is 13.5. The summed E-state index contributed by atoms with van der Waals surface area (Å²) in [6, 6.07) is 12.3. The Hall–Kier alpha value is -4.01. The lowest BCUT2D eigenvalue weighted by Gasteiger charge is -2.18. The molecule has 4 rings (SSSR count). The molecule has 160 valence electrons. The number of ketones is 2. The largest absolute Gasteiger partial charge is 0.486 e. The average molecular weight is 423 g/mol. The number of fused-ring (bicyclic) bond motifs is 2. The van der Waals surface area contributed by atoms with Crippen molar-refractivity contribution in [2.45, 2.75) is 12.8 Å². The lowest BCUT2D eigenvalue weighted by Crippen LogP contribution is -2.24. The van der Waals surface area contributed by atoms with Gasteiger partial charge in [0.1, 0.15) is 24.7 Å². The number of rotatable bonds is 7. The fraction of sp³-hybridized carbons (Fsp3) is 0.227. The Morgan fingerprint density at radius 1 is 0.935 bits per heavy atom. The van der Waals surface area contributed by atoms with Crippen LogP contribution in [0.4, 0.5) is 11.4 Å². The average Bonchev–Trinajstić information content (AvgIpc) is 3.24. The van der Waals surface area contributed by atoms with E-state index in [4.69, 9.17) is 19.9 Å². The predicted molar refractivity (Wildman–Crippen MR) is 112 cm³/mol. The van der Waals surface area contributed by atoms with Crippen LogP contribution in [0.3, 0.4) is 0 Å². The first-order valence-corrected chi connectivity index (χ1v) is 9.76. The topological polar surface area (TPSA) is 129 Å². The molecule has 0 saturated carbocycles. The monoisotopic (exact) mass is 423 g/mol. The van der Waals surface area contributed by atoms with E-state index in [-0.39, 0.29) is 24.3 Å². The van der Waals surface area contributed by atoms with Gasteiger partial charge >= 0.3 is 5.97 Å². The zero-order chi connectivity index (χ0) is 21.8. The molecule has 9 heteroatoms. The van der Waals surface area contributed by atoms with Crippen LogP contribution in [0.25, 0.3) is 0 Å². The minimum atomic E-state index is -0.660. The number of Topliss-reactive ketones (excluding diaryl/α,β-unsaturated/α-hetero) is 2. The van der Waals surface area contributed by atoms with Gasteiger partial charge < -0.3 is 30.6 Å². The Morgan fingerprint density at radius 3 is 2.32 bits per heavy atom. The van der Waals surface area contributed by atoms with Crippen LogP contribution in [0.15, 0.2) is 54.0 Å². The van der Waals surface area contributed by atoms with Crippen molar-refractivity contribution >= 4 is 28.9 Å². The summed E-state index contributed by atoms with van der Waals surface area (Å²) in [7, 11) is 0. The summed E-state index contributed by atoms with van der Waals surface area (Å²) in [5.74, 6) is -0.0103. The summed E-state index contributed by atoms with van der Waals surface area (Å²) in [4.78, 5) is 36.6. The number of hydrogen-bond donors (Lipinski definition) is 3. The number of hydrogen-bond acceptors (Lipinski definition) is 9. The first kappa shape index (κ1) is 20.3. The van der Waals surface area contributed by atoms with Crippen molar-refractivity contribution in [3.8, 4) is 11.5 Å². The second-order valence-corrected chi connectivity index (χ2v) is 6.95. The maximum atomic E-state index is 12.3. The van der Waals surface area contributed by atoms with E-state index < -0.39 is 18.4 Å². The molecule has 0 saturated heterocycles. The molecule has 31 heavy (non-hydrogen) atoms. The lowest BCUT2D eigenvalue weighted by atomic mass is 10.1. The number of anilines is 2. The van der Waals surface area contributed by atoms with Crippen molar-refractivity contribution in [3.63, 3.8) is 0 Å². The van der Waals surface area contributed by atoms with Gasteiger partial charge in [-0.3, -0.25) is 14.4 Å². The molecule has 0 spiro atoms. The third kappa shape index (κ3) is 4.61. The highest BCUT2D eigenvalue weighted by Gasteiger charge is 2.21. The summed E-state index contributed by atoms with van der Waals surface area (Å²) in [6.07, 6.45) is -0.208. The second-order valence-electron chi connectivity index (χ2n) is 6.95. The van der Waals surface area contributed by atoms with E-state index in [0.29, 0.717) is 36.1 Å². The number of ether oxygens (including phenoxy) is 3. The van der Waals surface area contributed by atoms with Crippen LogP contribution in [-0.2, 0) is 14.3 Å². The molecule has 2 aromatic carbocycles. The Labute approximate surface area is 178 Å². The molecule has 0 fully saturated rings. The van der Waals surface area contributed by atoms with E-state index in [1.54, 1.807) is 18.2 Å². The highest BCUT2D eigenvalue weighted by molar-refractivity contribution is 6.00. The maximum Gasteiger partial charge on any atom is 0.306 e. The van der Waals surface area contributed by atoms with Gasteiger partial charge in [0.05, 0.1) is 17.8 Å². The summed E-state index contributed by atoms with van der Waals surface area (Å²) in [5, 5.41) is 6.00. The number of para-hydroxylation sites is 2. The molecule has 0 unspecified atom stereocenters. The third-order valence-electron chi connectivity index (χ3n) is 4.80. The third-order valence-corrected chi connectivity index (χ3v) is 4.80. The SMILES string of the molecule is NC(C(=O)COC(=O)CCC(=O)c1ccc2c(c1)OCCO2)=C1Nc2ccccc2N1. The second kappa shape index (κ2) is 8.78. The molecule has 0 atom stereocenters. The molecular weight excluding hydrogens is 402 g/mol. The van der Waals surface area contributed by atoms with Crippen LogP contribution in [0.1, 0.15) is 23.2 Å². The fourth-order valence-electron chi connectivity index (χ4n) is 3.15. The van der Waals surface area contributed by atoms with Gasteiger partial charge in [0.25, 0.3) is 0 Å². The van der Waals surface area contributed by atoms with Crippen LogP contribution in [0, 0.1) is 0 Å². The Kier molecular flexibility index (Phi) is 5.74. The van der Waals surface area contributed by atoms with Crippen LogP contribution in [0.2, 0.25) is 0 Å². The van der Waals surface area contributed by atoms with Crippen molar-refractivity contribution in [1.29, 1.82) is 0 Å². The number of esters is 1. The minimum Gasteiger partial charge on any atom is -0.486 e. The number of carbonyl (C=O) groups is 3. The van der Waals surface area contributed by atoms with Crippen molar-refractivity contribution in [2.75, 3.05) is 30.5 Å². The van der Waals surface area contributed by atoms with Gasteiger partial charge in [-0.05, 0) is 30.3 Å². The summed E-state index contributed by atoms with van der Waals surface area (Å²) in [5.41, 5.74) is 7.81. The molecular formula is C22H21N3O6. The van der Waals surface area contributed by atoms with E-state index in [1.165, 1.54) is 0 Å². The molecule has 0 aliphatic carbocycles. The van der Waals surface area contributed by atoms with Crippen LogP contribution in [-0.4, -0.2) is 37.4 Å². The predicted octanol–water partition coefficient (Wildman–Crippen LogP) is 2.20. The van der Waals surface area contributed by atoms with Gasteiger partial charge in [0, 0.05) is 12.0 Å². The van der Waals surface area contributed by atoms with E-state index in [0.717, 1.165) is 11.4 Å². The molecule has 9 nitrogen and oxygen atoms in total. The molecule has 0 amide bonds. The van der Waals surface area contributed by atoms with Crippen LogP contribution in [0.5, 0.6) is 11.5 Å². The first-order chi connectivity index (χ1) is 15.0. The van der Waals surface area contributed by atoms with Gasteiger partial charge in [-0.1, -0.05) is 12.1 Å². The molecule has 0 aromatic heterocycles. The zero-order valence-corrected chi connectivity index (χ0v) is 16.6. The van der Waals surface area contributed by atoms with E-state index in [1.807, 2.05) is 24.3 Å². The summed E-state index contributed by atoms with van der Waals surface area (Å²) < 4.78 is 15.9. The quantitative estimate of drug-likeness (QED) is 0.349. The molecule has 2 aromatic rings. The summed E-state index contributed by atoms with van der Waals surface area (Å²) in [6.45, 7) is 0.374. The van der Waals surface area contributed by atoms with Gasteiger partial charge in [-0.25, -0.2) is 0 Å². The highest BCUT2D eigenvalue weighted by Crippen LogP contribution is 2.31. The van der Waals surface area contributed by atoms with Gasteiger partial charge in [0.15, 0.2) is 23.9 Å². The van der Waals surface area contributed by atoms with Crippen molar-refractivity contribution in [3.05, 3.63) is 59.5 Å². The fourth-order valence-corrected chi connectivity index (χ4v) is 3.15. The maximum absolute atomic E-state index is 12.3. The molecule has 2 aliphatic rings. The van der Waals surface area contributed by atoms with Gasteiger partial charge in [-0.2, -0.15) is 0 Å². The first-order valence-electron chi connectivity index (χ1n) is 9.76. The smallest absolute Gasteiger partial charge is 0.306 e. The van der Waals surface area contributed by atoms with E-state index >= 15 is 0 Å². The van der Waals surface area contributed by atoms with E-state index in [2.05, 4.69) is 10.6 Å². The Balaban J connectivity index is 1.25. The summed E-state index contributed by atoms with van der Waals surface area (Å²) >= 11 is 0. The lowest BCUT2D eigenvalue weighted by molar-refractivity contribution is -0.147. The van der Waals surface area contributed by atoms with Gasteiger partial charge in [-0.15, -0.1) is 0 Å². The van der Waals surface area contributed by atoms with Crippen LogP contribution < -0.4 is 25.8 Å². The van der Waals surface area contributed by atoms with Crippen molar-refractivity contribution in [2.24, 2.45) is 5.73 Å². The number of nitrogens with one attached hydrogen (secondary N) is 2. The number of carbonyl (C=O) groups excluding carboxylic acids is 3. The molecule has 2 heterocycles. The molecule has 0 radical (unpaired) electrons. The van der Waals surface area contributed by atoms with Crippen molar-refractivity contribution in [1.82, 2.24) is 0 Å². The van der Waals surface area contributed by atoms with Crippen molar-refractivity contribution < 1.29 is 28.6 Å². The minimum absolute atomic E-state index is 0.0539. The number of benzene rings is 2. The zero-order valence-electron chi connectivity index (χ0n) is 16.6. The van der Waals surface area contributed by atoms with Crippen LogP contribution >= 0.6 is 0 Å². The molecule has 4 N–H and O–H groups in total. The molecule has 2 aliphatic heterocycles. The Bertz CT molecular complexity index is 1050.